The number of piperidine rings is 1. The number of ether oxygens (including phenoxy) is 1. The first kappa shape index (κ1) is 22.5. The number of carbonyl (C=O) groups excluding carboxylic acids is 2. The fourth-order valence-electron chi connectivity index (χ4n) is 3.91. The van der Waals surface area contributed by atoms with Crippen molar-refractivity contribution in [1.82, 2.24) is 15.0 Å². The summed E-state index contributed by atoms with van der Waals surface area (Å²) >= 11 is 0. The van der Waals surface area contributed by atoms with E-state index in [1.165, 1.54) is 0 Å². The highest BCUT2D eigenvalue weighted by Crippen LogP contribution is 2.29. The Balaban J connectivity index is 1.44. The molecule has 33 heavy (non-hydrogen) atoms. The molecule has 1 N–H and O–H groups in total. The van der Waals surface area contributed by atoms with Crippen molar-refractivity contribution in [3.63, 3.8) is 0 Å². The molecule has 0 saturated carbocycles. The second-order valence-corrected chi connectivity index (χ2v) is 7.99. The van der Waals surface area contributed by atoms with E-state index in [-0.39, 0.29) is 17.7 Å². The van der Waals surface area contributed by atoms with Crippen LogP contribution in [0.1, 0.15) is 55.3 Å². The minimum Gasteiger partial charge on any atom is -0.494 e. The maximum absolute atomic E-state index is 13.0. The fraction of sp³-hybridized carbons (Fsp3) is 0.360. The molecule has 1 aliphatic rings. The van der Waals surface area contributed by atoms with Crippen LogP contribution in [-0.4, -0.2) is 46.6 Å². The monoisotopic (exact) mass is 448 g/mol. The van der Waals surface area contributed by atoms with Crippen molar-refractivity contribution in [3.05, 3.63) is 60.0 Å². The summed E-state index contributed by atoms with van der Waals surface area (Å²) in [6, 6.07) is 14.6. The Morgan fingerprint density at radius 1 is 1.18 bits per heavy atom. The number of hydrogen-bond acceptors (Lipinski definition) is 6. The van der Waals surface area contributed by atoms with Gasteiger partial charge in [-0.25, -0.2) is 0 Å². The van der Waals surface area contributed by atoms with Crippen LogP contribution in [0.2, 0.25) is 0 Å². The molecule has 0 aliphatic carbocycles. The van der Waals surface area contributed by atoms with Crippen LogP contribution >= 0.6 is 0 Å². The van der Waals surface area contributed by atoms with Gasteiger partial charge in [0.2, 0.25) is 17.6 Å². The van der Waals surface area contributed by atoms with Gasteiger partial charge in [0.1, 0.15) is 5.75 Å². The number of carbonyl (C=O) groups is 2. The van der Waals surface area contributed by atoms with Crippen molar-refractivity contribution in [3.8, 4) is 17.1 Å². The summed E-state index contributed by atoms with van der Waals surface area (Å²) in [5.74, 6) is 1.66. The molecule has 1 saturated heterocycles. The molecule has 8 nitrogen and oxygen atoms in total. The lowest BCUT2D eigenvalue weighted by atomic mass is 9.97. The smallest absolute Gasteiger partial charge is 0.253 e. The van der Waals surface area contributed by atoms with Gasteiger partial charge >= 0.3 is 0 Å². The number of benzene rings is 2. The molecule has 0 spiro atoms. The van der Waals surface area contributed by atoms with E-state index in [2.05, 4.69) is 15.5 Å². The summed E-state index contributed by atoms with van der Waals surface area (Å²) in [6.45, 7) is 5.55. The van der Waals surface area contributed by atoms with Gasteiger partial charge in [0, 0.05) is 36.3 Å². The van der Waals surface area contributed by atoms with E-state index in [1.807, 2.05) is 48.2 Å². The molecule has 3 aromatic rings. The number of rotatable bonds is 7. The number of likely N-dealkylation sites (tertiary alicyclic amines) is 1. The fourth-order valence-corrected chi connectivity index (χ4v) is 3.91. The average Bonchev–Trinajstić information content (AvgIpc) is 3.35. The molecule has 4 rings (SSSR count). The molecule has 2 amide bonds. The van der Waals surface area contributed by atoms with Crippen LogP contribution in [0.15, 0.2) is 53.1 Å². The third-order valence-corrected chi connectivity index (χ3v) is 5.64. The molecule has 0 radical (unpaired) electrons. The van der Waals surface area contributed by atoms with Gasteiger partial charge in [-0.3, -0.25) is 9.59 Å². The number of hydrogen-bond donors (Lipinski definition) is 1. The van der Waals surface area contributed by atoms with Crippen LogP contribution in [0.5, 0.6) is 5.75 Å². The average molecular weight is 449 g/mol. The second kappa shape index (κ2) is 10.3. The van der Waals surface area contributed by atoms with E-state index in [0.717, 1.165) is 24.2 Å². The first-order chi connectivity index (χ1) is 16.1. The van der Waals surface area contributed by atoms with Crippen molar-refractivity contribution in [2.45, 2.75) is 39.0 Å². The molecule has 1 aliphatic heterocycles. The Labute approximate surface area is 192 Å². The molecular formula is C25H28N4O4. The number of amides is 2. The zero-order valence-electron chi connectivity index (χ0n) is 18.9. The Hall–Kier alpha value is -3.68. The van der Waals surface area contributed by atoms with Gasteiger partial charge in [-0.15, -0.1) is 0 Å². The van der Waals surface area contributed by atoms with Gasteiger partial charge in [0.05, 0.1) is 12.5 Å². The van der Waals surface area contributed by atoms with E-state index in [4.69, 9.17) is 9.26 Å². The highest BCUT2D eigenvalue weighted by molar-refractivity contribution is 5.94. The molecule has 172 valence electrons. The summed E-state index contributed by atoms with van der Waals surface area (Å²) in [5, 5.41) is 6.98. The van der Waals surface area contributed by atoms with Gasteiger partial charge in [-0.1, -0.05) is 24.2 Å². The lowest BCUT2D eigenvalue weighted by Crippen LogP contribution is -2.39. The zero-order chi connectivity index (χ0) is 23.2. The first-order valence-corrected chi connectivity index (χ1v) is 11.3. The quantitative estimate of drug-likeness (QED) is 0.571. The Morgan fingerprint density at radius 2 is 2.00 bits per heavy atom. The minimum atomic E-state index is -0.0551. The molecule has 8 heteroatoms. The maximum Gasteiger partial charge on any atom is 0.253 e. The predicted molar refractivity (Wildman–Crippen MR) is 124 cm³/mol. The summed E-state index contributed by atoms with van der Waals surface area (Å²) in [7, 11) is 0. The van der Waals surface area contributed by atoms with E-state index >= 15 is 0 Å². The van der Waals surface area contributed by atoms with E-state index < -0.39 is 0 Å². The van der Waals surface area contributed by atoms with Crippen molar-refractivity contribution in [1.29, 1.82) is 0 Å². The molecule has 0 unspecified atom stereocenters. The summed E-state index contributed by atoms with van der Waals surface area (Å²) in [6.07, 6.45) is 2.15. The minimum absolute atomic E-state index is 0.0122. The third-order valence-electron chi connectivity index (χ3n) is 5.64. The zero-order valence-corrected chi connectivity index (χ0v) is 18.9. The van der Waals surface area contributed by atoms with Crippen molar-refractivity contribution >= 4 is 17.5 Å². The summed E-state index contributed by atoms with van der Waals surface area (Å²) < 4.78 is 11.0. The van der Waals surface area contributed by atoms with Crippen molar-refractivity contribution in [2.24, 2.45) is 0 Å². The van der Waals surface area contributed by atoms with Crippen molar-refractivity contribution in [2.75, 3.05) is 25.0 Å². The highest BCUT2D eigenvalue weighted by Gasteiger charge is 2.29. The van der Waals surface area contributed by atoms with E-state index in [9.17, 15) is 9.59 Å². The standard InChI is InChI=1S/C25H28N4O4/c1-3-22(30)26-20-9-5-7-18(15-20)23-27-24(33-28-23)19-8-6-14-29(16-19)25(31)17-10-12-21(13-11-17)32-4-2/h5,7,9-13,15,19H,3-4,6,8,14,16H2,1-2H3,(H,26,30)/t19-/m1/s1. The molecule has 2 heterocycles. The van der Waals surface area contributed by atoms with Gasteiger partial charge in [0.15, 0.2) is 0 Å². The van der Waals surface area contributed by atoms with Gasteiger partial charge in [0.25, 0.3) is 5.91 Å². The molecule has 0 bridgehead atoms. The normalized spacial score (nSPS) is 15.8. The van der Waals surface area contributed by atoms with Crippen LogP contribution in [0.4, 0.5) is 5.69 Å². The van der Waals surface area contributed by atoms with Crippen LogP contribution in [-0.2, 0) is 4.79 Å². The lowest BCUT2D eigenvalue weighted by Gasteiger charge is -2.31. The Kier molecular flexibility index (Phi) is 7.02. The Morgan fingerprint density at radius 3 is 2.76 bits per heavy atom. The van der Waals surface area contributed by atoms with Crippen LogP contribution in [0.3, 0.4) is 0 Å². The molecular weight excluding hydrogens is 420 g/mol. The van der Waals surface area contributed by atoms with Gasteiger partial charge in [-0.2, -0.15) is 4.98 Å². The third kappa shape index (κ3) is 5.39. The number of aromatic nitrogens is 2. The van der Waals surface area contributed by atoms with E-state index in [0.29, 0.717) is 49.1 Å². The molecule has 2 aromatic carbocycles. The molecule has 1 fully saturated rings. The largest absolute Gasteiger partial charge is 0.494 e. The SMILES string of the molecule is CCOc1ccc(C(=O)N2CCC[C@@H](c3nc(-c4cccc(NC(=O)CC)c4)no3)C2)cc1. The second-order valence-electron chi connectivity index (χ2n) is 7.99. The summed E-state index contributed by atoms with van der Waals surface area (Å²) in [5.41, 5.74) is 2.09. The van der Waals surface area contributed by atoms with E-state index in [1.54, 1.807) is 19.1 Å². The maximum atomic E-state index is 13.0. The number of nitrogens with one attached hydrogen (secondary N) is 1. The predicted octanol–water partition coefficient (Wildman–Crippen LogP) is 4.50. The highest BCUT2D eigenvalue weighted by atomic mass is 16.5. The summed E-state index contributed by atoms with van der Waals surface area (Å²) in [4.78, 5) is 31.1. The first-order valence-electron chi connectivity index (χ1n) is 11.3. The number of nitrogens with zero attached hydrogens (tertiary/aromatic N) is 3. The van der Waals surface area contributed by atoms with Crippen LogP contribution in [0.25, 0.3) is 11.4 Å². The molecule has 1 aromatic heterocycles. The number of anilines is 1. The van der Waals surface area contributed by atoms with Gasteiger partial charge < -0.3 is 19.5 Å². The van der Waals surface area contributed by atoms with Gasteiger partial charge in [-0.05, 0) is 56.2 Å². The van der Waals surface area contributed by atoms with Crippen LogP contribution < -0.4 is 10.1 Å². The lowest BCUT2D eigenvalue weighted by molar-refractivity contribution is -0.115. The topological polar surface area (TPSA) is 97.6 Å². The van der Waals surface area contributed by atoms with Crippen molar-refractivity contribution < 1.29 is 18.8 Å². The molecule has 1 atom stereocenters. The Bertz CT molecular complexity index is 1110. The van der Waals surface area contributed by atoms with Crippen LogP contribution in [0, 0.1) is 0 Å².